The second-order valence-corrected chi connectivity index (χ2v) is 9.80. The Labute approximate surface area is 175 Å². The highest BCUT2D eigenvalue weighted by Crippen LogP contribution is 2.35. The number of imide groups is 1. The molecule has 2 aromatic rings. The monoisotopic (exact) mass is 412 g/mol. The van der Waals surface area contributed by atoms with Gasteiger partial charge in [-0.3, -0.25) is 9.69 Å². The maximum Gasteiger partial charge on any atom is 0.326 e. The van der Waals surface area contributed by atoms with E-state index >= 15 is 0 Å². The van der Waals surface area contributed by atoms with Gasteiger partial charge in [-0.05, 0) is 44.4 Å². The highest BCUT2D eigenvalue weighted by molar-refractivity contribution is 7.18. The third-order valence-electron chi connectivity index (χ3n) is 6.71. The molecule has 2 saturated heterocycles. The Morgan fingerprint density at radius 2 is 1.90 bits per heavy atom. The fraction of sp³-hybridized carbons (Fsp3) is 0.591. The number of carbonyl (C=O) groups excluding carboxylic acids is 2. The maximum absolute atomic E-state index is 13.2. The summed E-state index contributed by atoms with van der Waals surface area (Å²) in [6.07, 6.45) is 8.08. The van der Waals surface area contributed by atoms with Gasteiger partial charge in [-0.2, -0.15) is 0 Å². The predicted octanol–water partition coefficient (Wildman–Crippen LogP) is 4.08. The predicted molar refractivity (Wildman–Crippen MR) is 114 cm³/mol. The number of nitrogens with one attached hydrogen (secondary N) is 1. The van der Waals surface area contributed by atoms with Crippen molar-refractivity contribution in [3.05, 3.63) is 29.3 Å². The van der Waals surface area contributed by atoms with E-state index in [1.165, 1.54) is 14.6 Å². The highest BCUT2D eigenvalue weighted by atomic mass is 32.1. The van der Waals surface area contributed by atoms with Crippen LogP contribution in [0.3, 0.4) is 0 Å². The minimum Gasteiger partial charge on any atom is -0.323 e. The summed E-state index contributed by atoms with van der Waals surface area (Å²) >= 11 is 1.77. The van der Waals surface area contributed by atoms with Crippen molar-refractivity contribution in [1.82, 2.24) is 20.1 Å². The molecule has 3 amide bonds. The molecule has 0 bridgehead atoms. The number of para-hydroxylation sites is 1. The van der Waals surface area contributed by atoms with Gasteiger partial charge in [-0.15, -0.1) is 11.3 Å². The summed E-state index contributed by atoms with van der Waals surface area (Å²) in [6.45, 7) is 2.17. The van der Waals surface area contributed by atoms with Crippen molar-refractivity contribution < 1.29 is 9.59 Å². The molecule has 0 unspecified atom stereocenters. The molecule has 3 fully saturated rings. The molecule has 29 heavy (non-hydrogen) atoms. The largest absolute Gasteiger partial charge is 0.326 e. The lowest BCUT2D eigenvalue weighted by atomic mass is 9.90. The van der Waals surface area contributed by atoms with Gasteiger partial charge < -0.3 is 5.32 Å². The number of aromatic nitrogens is 1. The van der Waals surface area contributed by atoms with Gasteiger partial charge in [0.15, 0.2) is 0 Å². The molecule has 1 spiro atoms. The number of nitrogens with zero attached hydrogens (tertiary/aromatic N) is 3. The SMILES string of the molecule is O=C1NC2(CCCCCC2)C(=O)N1CN1CCC[C@@H](c2nc3ccccc3s2)C1. The zero-order valence-electron chi connectivity index (χ0n) is 16.7. The van der Waals surface area contributed by atoms with Gasteiger partial charge in [0.1, 0.15) is 5.54 Å². The summed E-state index contributed by atoms with van der Waals surface area (Å²) in [5.74, 6) is 0.361. The summed E-state index contributed by atoms with van der Waals surface area (Å²) < 4.78 is 1.23. The van der Waals surface area contributed by atoms with E-state index in [1.807, 2.05) is 6.07 Å². The average Bonchev–Trinajstić information content (AvgIpc) is 3.15. The van der Waals surface area contributed by atoms with Gasteiger partial charge in [-0.25, -0.2) is 14.7 Å². The van der Waals surface area contributed by atoms with Crippen molar-refractivity contribution in [2.24, 2.45) is 0 Å². The van der Waals surface area contributed by atoms with Crippen LogP contribution in [0.1, 0.15) is 62.3 Å². The smallest absolute Gasteiger partial charge is 0.323 e. The summed E-state index contributed by atoms with van der Waals surface area (Å²) in [5.41, 5.74) is 0.421. The first-order valence-corrected chi connectivity index (χ1v) is 11.7. The third kappa shape index (κ3) is 3.55. The van der Waals surface area contributed by atoms with Crippen molar-refractivity contribution in [3.8, 4) is 0 Å². The van der Waals surface area contributed by atoms with Gasteiger partial charge in [0.25, 0.3) is 5.91 Å². The highest BCUT2D eigenvalue weighted by Gasteiger charge is 2.51. The minimum absolute atomic E-state index is 0.00786. The topological polar surface area (TPSA) is 65.5 Å². The standard InChI is InChI=1S/C22H28N4O2S/c27-20-22(11-5-1-2-6-12-22)24-21(28)26(20)15-25-13-7-8-16(14-25)19-23-17-9-3-4-10-18(17)29-19/h3-4,9-10,16H,1-2,5-8,11-15H2,(H,24,28)/t16-/m1/s1. The van der Waals surface area contributed by atoms with Crippen LogP contribution in [0, 0.1) is 0 Å². The number of carbonyl (C=O) groups is 2. The molecule has 1 atom stereocenters. The molecule has 154 valence electrons. The number of amides is 3. The second kappa shape index (κ2) is 7.69. The van der Waals surface area contributed by atoms with E-state index in [1.54, 1.807) is 11.3 Å². The first-order chi connectivity index (χ1) is 14.1. The first kappa shape index (κ1) is 19.0. The van der Waals surface area contributed by atoms with E-state index in [2.05, 4.69) is 28.4 Å². The molecule has 7 heteroatoms. The molecule has 1 saturated carbocycles. The maximum atomic E-state index is 13.2. The van der Waals surface area contributed by atoms with Gasteiger partial charge in [0.05, 0.1) is 21.9 Å². The fourth-order valence-corrected chi connectivity index (χ4v) is 6.22. The number of thiazole rings is 1. The van der Waals surface area contributed by atoms with Crippen LogP contribution >= 0.6 is 11.3 Å². The van der Waals surface area contributed by atoms with Crippen molar-refractivity contribution in [1.29, 1.82) is 0 Å². The van der Waals surface area contributed by atoms with E-state index in [0.717, 1.165) is 70.0 Å². The Bertz CT molecular complexity index is 885. The number of hydrogen-bond acceptors (Lipinski definition) is 5. The van der Waals surface area contributed by atoms with Crippen LogP contribution in [-0.4, -0.2) is 52.0 Å². The van der Waals surface area contributed by atoms with Crippen molar-refractivity contribution in [2.45, 2.75) is 62.8 Å². The van der Waals surface area contributed by atoms with Crippen molar-refractivity contribution in [3.63, 3.8) is 0 Å². The number of hydrogen-bond donors (Lipinski definition) is 1. The quantitative estimate of drug-likeness (QED) is 0.772. The van der Waals surface area contributed by atoms with Crippen LogP contribution < -0.4 is 5.32 Å². The normalized spacial score (nSPS) is 25.5. The van der Waals surface area contributed by atoms with Crippen LogP contribution in [-0.2, 0) is 4.79 Å². The van der Waals surface area contributed by atoms with E-state index in [9.17, 15) is 9.59 Å². The van der Waals surface area contributed by atoms with Gasteiger partial charge in [0.2, 0.25) is 0 Å². The van der Waals surface area contributed by atoms with Crippen molar-refractivity contribution in [2.75, 3.05) is 19.8 Å². The number of urea groups is 1. The Kier molecular flexibility index (Phi) is 5.04. The summed E-state index contributed by atoms with van der Waals surface area (Å²) in [6, 6.07) is 8.06. The van der Waals surface area contributed by atoms with Crippen LogP contribution in [0.4, 0.5) is 4.79 Å². The number of rotatable bonds is 3. The van der Waals surface area contributed by atoms with Crippen LogP contribution in [0.2, 0.25) is 0 Å². The Morgan fingerprint density at radius 1 is 1.10 bits per heavy atom. The molecule has 1 aromatic heterocycles. The fourth-order valence-electron chi connectivity index (χ4n) is 5.13. The molecule has 1 N–H and O–H groups in total. The number of benzene rings is 1. The van der Waals surface area contributed by atoms with Crippen LogP contribution in [0.25, 0.3) is 10.2 Å². The number of fused-ring (bicyclic) bond motifs is 1. The number of likely N-dealkylation sites (tertiary alicyclic amines) is 1. The molecule has 0 radical (unpaired) electrons. The Hall–Kier alpha value is -1.99. The van der Waals surface area contributed by atoms with Gasteiger partial charge in [-0.1, -0.05) is 37.8 Å². The molecule has 1 aliphatic carbocycles. The molecule has 5 rings (SSSR count). The molecule has 6 nitrogen and oxygen atoms in total. The molecule has 3 aliphatic rings. The average molecular weight is 413 g/mol. The van der Waals surface area contributed by atoms with Gasteiger partial charge in [0, 0.05) is 12.5 Å². The number of piperidine rings is 1. The molecule has 1 aromatic carbocycles. The Balaban J connectivity index is 1.29. The first-order valence-electron chi connectivity index (χ1n) is 10.9. The molecular weight excluding hydrogens is 384 g/mol. The van der Waals surface area contributed by atoms with Gasteiger partial charge >= 0.3 is 6.03 Å². The zero-order valence-corrected chi connectivity index (χ0v) is 17.5. The minimum atomic E-state index is -0.643. The third-order valence-corrected chi connectivity index (χ3v) is 7.91. The van der Waals surface area contributed by atoms with Crippen molar-refractivity contribution >= 4 is 33.5 Å². The lowest BCUT2D eigenvalue weighted by Crippen LogP contribution is -2.48. The lowest BCUT2D eigenvalue weighted by Gasteiger charge is -2.34. The second-order valence-electron chi connectivity index (χ2n) is 8.74. The molecule has 3 heterocycles. The summed E-state index contributed by atoms with van der Waals surface area (Å²) in [4.78, 5) is 34.4. The van der Waals surface area contributed by atoms with E-state index in [0.29, 0.717) is 12.6 Å². The van der Waals surface area contributed by atoms with E-state index in [-0.39, 0.29) is 11.9 Å². The lowest BCUT2D eigenvalue weighted by molar-refractivity contribution is -0.133. The van der Waals surface area contributed by atoms with E-state index in [4.69, 9.17) is 4.98 Å². The van der Waals surface area contributed by atoms with E-state index < -0.39 is 5.54 Å². The summed E-state index contributed by atoms with van der Waals surface area (Å²) in [5, 5.41) is 4.23. The molecule has 2 aliphatic heterocycles. The molecular formula is C22H28N4O2S. The summed E-state index contributed by atoms with van der Waals surface area (Å²) in [7, 11) is 0. The van der Waals surface area contributed by atoms with Crippen LogP contribution in [0.15, 0.2) is 24.3 Å². The Morgan fingerprint density at radius 3 is 2.69 bits per heavy atom. The van der Waals surface area contributed by atoms with Crippen LogP contribution in [0.5, 0.6) is 0 Å². The zero-order chi connectivity index (χ0) is 19.8.